The summed E-state index contributed by atoms with van der Waals surface area (Å²) in [5.74, 6) is -1.92. The molecule has 0 saturated carbocycles. The lowest BCUT2D eigenvalue weighted by atomic mass is 9.98. The maximum absolute atomic E-state index is 12.9. The first-order valence-electron chi connectivity index (χ1n) is 13.2. The number of alkyl carbamates (subject to hydrolysis) is 1. The molecule has 40 heavy (non-hydrogen) atoms. The van der Waals surface area contributed by atoms with Gasteiger partial charge in [0, 0.05) is 17.9 Å². The highest BCUT2D eigenvalue weighted by atomic mass is 16.6. The number of Topliss-reactive ketones (excluding diaryl/α,β-unsaturated/α-hetero) is 1. The zero-order valence-electron chi connectivity index (χ0n) is 22.8. The van der Waals surface area contributed by atoms with Crippen molar-refractivity contribution < 1.29 is 33.4 Å². The molecule has 0 bridgehead atoms. The van der Waals surface area contributed by atoms with E-state index in [1.807, 2.05) is 48.5 Å². The molecule has 3 aromatic carbocycles. The Kier molecular flexibility index (Phi) is 8.99. The van der Waals surface area contributed by atoms with Gasteiger partial charge in [0.2, 0.25) is 0 Å². The van der Waals surface area contributed by atoms with E-state index in [1.165, 1.54) is 0 Å². The van der Waals surface area contributed by atoms with Gasteiger partial charge < -0.3 is 19.5 Å². The fraction of sp³-hybridized carbons (Fsp3) is 0.312. The lowest BCUT2D eigenvalue weighted by Crippen LogP contribution is -2.43. The number of carbonyl (C=O) groups excluding carboxylic acids is 4. The number of rotatable bonds is 10. The Bertz CT molecular complexity index is 1330. The fourth-order valence-electron chi connectivity index (χ4n) is 4.63. The van der Waals surface area contributed by atoms with Gasteiger partial charge in [0.15, 0.2) is 12.4 Å². The number of hydrogen-bond acceptors (Lipinski definition) is 7. The lowest BCUT2D eigenvalue weighted by Gasteiger charge is -2.21. The molecule has 208 valence electrons. The van der Waals surface area contributed by atoms with Crippen LogP contribution >= 0.6 is 0 Å². The van der Waals surface area contributed by atoms with Crippen molar-refractivity contribution in [2.45, 2.75) is 51.2 Å². The molecule has 1 aliphatic rings. The zero-order valence-corrected chi connectivity index (χ0v) is 22.8. The second-order valence-electron chi connectivity index (χ2n) is 10.5. The maximum atomic E-state index is 12.9. The number of esters is 2. The summed E-state index contributed by atoms with van der Waals surface area (Å²) in [6.45, 7) is 4.76. The number of fused-ring (bicyclic) bond motifs is 3. The molecule has 4 rings (SSSR count). The van der Waals surface area contributed by atoms with Crippen LogP contribution < -0.4 is 5.32 Å². The van der Waals surface area contributed by atoms with Gasteiger partial charge in [-0.15, -0.1) is 0 Å². The minimum atomic E-state index is -1.22. The van der Waals surface area contributed by atoms with E-state index in [0.717, 1.165) is 22.3 Å². The molecule has 8 heteroatoms. The Morgan fingerprint density at radius 2 is 1.38 bits per heavy atom. The first-order chi connectivity index (χ1) is 19.1. The maximum Gasteiger partial charge on any atom is 0.407 e. The highest BCUT2D eigenvalue weighted by molar-refractivity contribution is 5.98. The van der Waals surface area contributed by atoms with Crippen LogP contribution in [0, 0.1) is 0 Å². The highest BCUT2D eigenvalue weighted by Crippen LogP contribution is 2.44. The molecule has 0 fully saturated rings. The second-order valence-corrected chi connectivity index (χ2v) is 10.5. The first-order valence-corrected chi connectivity index (χ1v) is 13.2. The molecule has 0 aromatic heterocycles. The summed E-state index contributed by atoms with van der Waals surface area (Å²) in [4.78, 5) is 50.4. The molecule has 8 nitrogen and oxygen atoms in total. The van der Waals surface area contributed by atoms with Gasteiger partial charge >= 0.3 is 18.0 Å². The Hall–Kier alpha value is -4.46. The van der Waals surface area contributed by atoms with Gasteiger partial charge in [-0.05, 0) is 49.4 Å². The Morgan fingerprint density at radius 3 is 1.98 bits per heavy atom. The van der Waals surface area contributed by atoms with Crippen molar-refractivity contribution in [1.82, 2.24) is 5.32 Å². The monoisotopic (exact) mass is 543 g/mol. The van der Waals surface area contributed by atoms with Crippen LogP contribution in [0.15, 0.2) is 78.9 Å². The van der Waals surface area contributed by atoms with Gasteiger partial charge in [0.1, 0.15) is 18.2 Å². The zero-order chi connectivity index (χ0) is 28.7. The first kappa shape index (κ1) is 28.5. The minimum Gasteiger partial charge on any atom is -0.460 e. The van der Waals surface area contributed by atoms with Crippen LogP contribution in [0.25, 0.3) is 11.1 Å². The molecule has 3 aromatic rings. The third-order valence-electron chi connectivity index (χ3n) is 6.42. The molecule has 0 radical (unpaired) electrons. The summed E-state index contributed by atoms with van der Waals surface area (Å²) in [5.41, 5.74) is 3.98. The van der Waals surface area contributed by atoms with Crippen LogP contribution in [-0.2, 0) is 23.8 Å². The van der Waals surface area contributed by atoms with E-state index in [4.69, 9.17) is 14.2 Å². The Balaban J connectivity index is 1.40. The number of ketones is 1. The quantitative estimate of drug-likeness (QED) is 0.206. The van der Waals surface area contributed by atoms with Crippen molar-refractivity contribution in [2.75, 3.05) is 13.2 Å². The number of carbonyl (C=O) groups is 4. The van der Waals surface area contributed by atoms with Crippen LogP contribution in [0.3, 0.4) is 0 Å². The van der Waals surface area contributed by atoms with Gasteiger partial charge in [0.05, 0.1) is 0 Å². The van der Waals surface area contributed by atoms with Crippen LogP contribution in [0.4, 0.5) is 4.79 Å². The fourth-order valence-corrected chi connectivity index (χ4v) is 4.63. The molecular weight excluding hydrogens is 510 g/mol. The third kappa shape index (κ3) is 7.34. The van der Waals surface area contributed by atoms with Gasteiger partial charge in [-0.3, -0.25) is 9.59 Å². The lowest BCUT2D eigenvalue weighted by molar-refractivity contribution is -0.155. The number of nitrogens with one attached hydrogen (secondary N) is 1. The van der Waals surface area contributed by atoms with E-state index in [1.54, 1.807) is 51.1 Å². The van der Waals surface area contributed by atoms with Crippen molar-refractivity contribution in [3.63, 3.8) is 0 Å². The van der Waals surface area contributed by atoms with Crippen LogP contribution in [0.5, 0.6) is 0 Å². The number of ether oxygens (including phenoxy) is 3. The van der Waals surface area contributed by atoms with Gasteiger partial charge in [0.25, 0.3) is 0 Å². The number of hydrogen-bond donors (Lipinski definition) is 1. The van der Waals surface area contributed by atoms with E-state index in [0.29, 0.717) is 5.56 Å². The van der Waals surface area contributed by atoms with Crippen LogP contribution in [0.1, 0.15) is 61.0 Å². The average Bonchev–Trinajstić information content (AvgIpc) is 3.25. The largest absolute Gasteiger partial charge is 0.460 e. The van der Waals surface area contributed by atoms with Crippen molar-refractivity contribution in [3.8, 4) is 11.1 Å². The molecule has 0 unspecified atom stereocenters. The standard InChI is InChI=1S/C32H33NO7/c1-32(2,3)40-29(35)18-17-27(30(36)38-20-28(34)21-11-5-4-6-12-21)33-31(37)39-19-26-24-15-9-7-13-22(24)23-14-8-10-16-25(23)26/h4-16,26-27H,17-20H2,1-3H3,(H,33,37)/t27-/m0/s1. The second kappa shape index (κ2) is 12.6. The predicted molar refractivity (Wildman–Crippen MR) is 149 cm³/mol. The minimum absolute atomic E-state index is 0.0557. The molecule has 0 heterocycles. The van der Waals surface area contributed by atoms with Crippen molar-refractivity contribution >= 4 is 23.8 Å². The molecule has 1 aliphatic carbocycles. The summed E-state index contributed by atoms with van der Waals surface area (Å²) in [6, 6.07) is 23.1. The van der Waals surface area contributed by atoms with E-state index < -0.39 is 36.3 Å². The SMILES string of the molecule is CC(C)(C)OC(=O)CC[C@H](NC(=O)OCC1c2ccccc2-c2ccccc21)C(=O)OCC(=O)c1ccccc1. The topological polar surface area (TPSA) is 108 Å². The van der Waals surface area contributed by atoms with Gasteiger partial charge in [-0.25, -0.2) is 9.59 Å². The van der Waals surface area contributed by atoms with Crippen molar-refractivity contribution in [2.24, 2.45) is 0 Å². The van der Waals surface area contributed by atoms with E-state index in [9.17, 15) is 19.2 Å². The number of amides is 1. The summed E-state index contributed by atoms with van der Waals surface area (Å²) in [5, 5.41) is 2.52. The molecule has 1 N–H and O–H groups in total. The summed E-state index contributed by atoms with van der Waals surface area (Å²) in [7, 11) is 0. The predicted octanol–water partition coefficient (Wildman–Crippen LogP) is 5.44. The van der Waals surface area contributed by atoms with Crippen molar-refractivity contribution in [1.29, 1.82) is 0 Å². The van der Waals surface area contributed by atoms with Gasteiger partial charge in [-0.2, -0.15) is 0 Å². The van der Waals surface area contributed by atoms with E-state index in [-0.39, 0.29) is 31.1 Å². The summed E-state index contributed by atoms with van der Waals surface area (Å²) < 4.78 is 16.1. The smallest absolute Gasteiger partial charge is 0.407 e. The van der Waals surface area contributed by atoms with Crippen molar-refractivity contribution in [3.05, 3.63) is 95.6 Å². The summed E-state index contributed by atoms with van der Waals surface area (Å²) >= 11 is 0. The van der Waals surface area contributed by atoms with E-state index >= 15 is 0 Å². The van der Waals surface area contributed by atoms with Crippen LogP contribution in [-0.4, -0.2) is 48.7 Å². The molecule has 1 amide bonds. The third-order valence-corrected chi connectivity index (χ3v) is 6.42. The summed E-state index contributed by atoms with van der Waals surface area (Å²) in [6.07, 6.45) is -1.06. The average molecular weight is 544 g/mol. The molecule has 0 spiro atoms. The van der Waals surface area contributed by atoms with Gasteiger partial charge in [-0.1, -0.05) is 78.9 Å². The highest BCUT2D eigenvalue weighted by Gasteiger charge is 2.30. The Labute approximate surface area is 233 Å². The van der Waals surface area contributed by atoms with Crippen LogP contribution in [0.2, 0.25) is 0 Å². The molecule has 1 atom stereocenters. The Morgan fingerprint density at radius 1 is 0.800 bits per heavy atom. The number of benzene rings is 3. The normalized spacial score (nSPS) is 13.0. The molecule has 0 saturated heterocycles. The molecule has 0 aliphatic heterocycles. The molecular formula is C32H33NO7. The van der Waals surface area contributed by atoms with E-state index in [2.05, 4.69) is 5.32 Å².